The summed E-state index contributed by atoms with van der Waals surface area (Å²) in [5.74, 6) is 1.49. The Labute approximate surface area is 164 Å². The molecule has 1 aromatic heterocycles. The van der Waals surface area contributed by atoms with E-state index in [9.17, 15) is 4.39 Å². The van der Waals surface area contributed by atoms with Gasteiger partial charge in [0.2, 0.25) is 5.95 Å². The predicted octanol–water partition coefficient (Wildman–Crippen LogP) is 3.79. The molecule has 0 spiro atoms. The molecular weight excluding hydrogens is 417 g/mol. The van der Waals surface area contributed by atoms with Gasteiger partial charge in [-0.1, -0.05) is 33.2 Å². The zero-order chi connectivity index (χ0) is 19.2. The summed E-state index contributed by atoms with van der Waals surface area (Å²) in [5.41, 5.74) is 1.72. The maximum Gasteiger partial charge on any atom is 0.243 e. The number of tetrazole rings is 1. The van der Waals surface area contributed by atoms with Gasteiger partial charge in [0.25, 0.3) is 0 Å². The van der Waals surface area contributed by atoms with Crippen LogP contribution in [0.25, 0.3) is 0 Å². The molecule has 0 saturated heterocycles. The van der Waals surface area contributed by atoms with Crippen molar-refractivity contribution in [3.63, 3.8) is 0 Å². The maximum atomic E-state index is 13.1. The molecule has 27 heavy (non-hydrogen) atoms. The monoisotopic (exact) mass is 435 g/mol. The van der Waals surface area contributed by atoms with Gasteiger partial charge in [0, 0.05) is 23.1 Å². The van der Waals surface area contributed by atoms with Gasteiger partial charge in [-0.15, -0.1) is 0 Å². The summed E-state index contributed by atoms with van der Waals surface area (Å²) in [6.07, 6.45) is 0. The molecule has 0 aliphatic rings. The molecule has 142 valence electrons. The zero-order valence-corrected chi connectivity index (χ0v) is 16.5. The summed E-state index contributed by atoms with van der Waals surface area (Å²) >= 11 is 3.56. The minimum Gasteiger partial charge on any atom is -0.493 e. The fourth-order valence-corrected chi connectivity index (χ4v) is 2.97. The average Bonchev–Trinajstić information content (AvgIpc) is 3.14. The van der Waals surface area contributed by atoms with E-state index >= 15 is 0 Å². The Kier molecular flexibility index (Phi) is 6.23. The number of aryl methyl sites for hydroxylation is 1. The number of aromatic nitrogens is 4. The van der Waals surface area contributed by atoms with E-state index in [0.717, 1.165) is 15.6 Å². The van der Waals surface area contributed by atoms with Gasteiger partial charge >= 0.3 is 0 Å². The quantitative estimate of drug-likeness (QED) is 0.579. The molecule has 0 unspecified atom stereocenters. The zero-order valence-electron chi connectivity index (χ0n) is 14.9. The van der Waals surface area contributed by atoms with Crippen LogP contribution in [0.15, 0.2) is 40.9 Å². The molecule has 9 heteroatoms. The molecule has 0 aliphatic heterocycles. The van der Waals surface area contributed by atoms with Gasteiger partial charge in [-0.05, 0) is 47.2 Å². The highest BCUT2D eigenvalue weighted by atomic mass is 79.9. The highest BCUT2D eigenvalue weighted by Gasteiger charge is 2.16. The van der Waals surface area contributed by atoms with Crippen molar-refractivity contribution in [2.45, 2.75) is 26.6 Å². The summed E-state index contributed by atoms with van der Waals surface area (Å²) in [4.78, 5) is 0. The number of hydrogen-bond donors (Lipinski definition) is 1. The fourth-order valence-electron chi connectivity index (χ4n) is 2.51. The Balaban J connectivity index is 1.82. The molecule has 7 nitrogen and oxygen atoms in total. The number of hydrogen-bond acceptors (Lipinski definition) is 6. The first kappa shape index (κ1) is 19.1. The second kappa shape index (κ2) is 8.81. The van der Waals surface area contributed by atoms with Crippen LogP contribution in [0.3, 0.4) is 0 Å². The topological polar surface area (TPSA) is 74.1 Å². The molecule has 0 saturated carbocycles. The number of benzene rings is 2. The molecule has 0 aliphatic carbocycles. The lowest BCUT2D eigenvalue weighted by atomic mass is 10.1. The van der Waals surface area contributed by atoms with Crippen molar-refractivity contribution in [2.75, 3.05) is 12.4 Å². The summed E-state index contributed by atoms with van der Waals surface area (Å²) < 4.78 is 27.1. The second-order valence-electron chi connectivity index (χ2n) is 5.64. The molecule has 0 amide bonds. The van der Waals surface area contributed by atoms with Crippen LogP contribution in [-0.2, 0) is 19.7 Å². The maximum absolute atomic E-state index is 13.1. The van der Waals surface area contributed by atoms with E-state index in [0.29, 0.717) is 30.5 Å². The molecule has 0 fully saturated rings. The van der Waals surface area contributed by atoms with Crippen LogP contribution in [0, 0.1) is 5.82 Å². The number of anilines is 1. The Morgan fingerprint density at radius 2 is 1.96 bits per heavy atom. The van der Waals surface area contributed by atoms with Crippen LogP contribution < -0.4 is 14.8 Å². The summed E-state index contributed by atoms with van der Waals surface area (Å²) in [6.45, 7) is 3.33. The van der Waals surface area contributed by atoms with Crippen molar-refractivity contribution in [1.82, 2.24) is 20.2 Å². The number of methoxy groups -OCH3 is 1. The third-order valence-corrected chi connectivity index (χ3v) is 4.68. The first-order valence-corrected chi connectivity index (χ1v) is 9.14. The SMILES string of the molecule is CCn1nnnc1NCc1c(Br)ccc(OC)c1OCc1ccc(F)cc1. The number of nitrogens with one attached hydrogen (secondary N) is 1. The number of rotatable bonds is 8. The van der Waals surface area contributed by atoms with Crippen LogP contribution in [-0.4, -0.2) is 27.3 Å². The molecule has 2 aromatic carbocycles. The van der Waals surface area contributed by atoms with Crippen LogP contribution in [0.1, 0.15) is 18.1 Å². The van der Waals surface area contributed by atoms with Crippen LogP contribution >= 0.6 is 15.9 Å². The lowest BCUT2D eigenvalue weighted by molar-refractivity contribution is 0.281. The van der Waals surface area contributed by atoms with Crippen molar-refractivity contribution in [1.29, 1.82) is 0 Å². The highest BCUT2D eigenvalue weighted by molar-refractivity contribution is 9.10. The molecular formula is C18H19BrFN5O2. The number of halogens is 2. The summed E-state index contributed by atoms with van der Waals surface area (Å²) in [6, 6.07) is 9.90. The van der Waals surface area contributed by atoms with E-state index in [4.69, 9.17) is 9.47 Å². The van der Waals surface area contributed by atoms with Crippen molar-refractivity contribution in [2.24, 2.45) is 0 Å². The van der Waals surface area contributed by atoms with E-state index in [-0.39, 0.29) is 12.4 Å². The van der Waals surface area contributed by atoms with E-state index in [1.165, 1.54) is 12.1 Å². The smallest absolute Gasteiger partial charge is 0.243 e. The van der Waals surface area contributed by atoms with E-state index in [1.807, 2.05) is 19.1 Å². The first-order chi connectivity index (χ1) is 13.1. The third-order valence-electron chi connectivity index (χ3n) is 3.94. The van der Waals surface area contributed by atoms with Gasteiger partial charge in [-0.2, -0.15) is 0 Å². The van der Waals surface area contributed by atoms with Gasteiger partial charge in [-0.25, -0.2) is 9.07 Å². The minimum atomic E-state index is -0.280. The van der Waals surface area contributed by atoms with E-state index in [2.05, 4.69) is 36.8 Å². The van der Waals surface area contributed by atoms with Gasteiger partial charge in [0.15, 0.2) is 11.5 Å². The molecule has 0 atom stereocenters. The highest BCUT2D eigenvalue weighted by Crippen LogP contribution is 2.37. The standard InChI is InChI=1S/C18H19BrFN5O2/c1-3-25-18(22-23-24-25)21-10-14-15(19)8-9-16(26-2)17(14)27-11-12-4-6-13(20)7-5-12/h4-9H,3,10-11H2,1-2H3,(H,21,22,24). The first-order valence-electron chi connectivity index (χ1n) is 8.35. The largest absolute Gasteiger partial charge is 0.493 e. The van der Waals surface area contributed by atoms with Crippen LogP contribution in [0.5, 0.6) is 11.5 Å². The Morgan fingerprint density at radius 1 is 1.19 bits per heavy atom. The van der Waals surface area contributed by atoms with Gasteiger partial charge in [0.1, 0.15) is 12.4 Å². The Bertz CT molecular complexity index is 901. The van der Waals surface area contributed by atoms with Crippen molar-refractivity contribution in [3.8, 4) is 11.5 Å². The molecule has 0 radical (unpaired) electrons. The second-order valence-corrected chi connectivity index (χ2v) is 6.50. The van der Waals surface area contributed by atoms with Gasteiger partial charge in [-0.3, -0.25) is 0 Å². The Hall–Kier alpha value is -2.68. The lowest BCUT2D eigenvalue weighted by Crippen LogP contribution is -2.10. The molecule has 0 bridgehead atoms. The van der Waals surface area contributed by atoms with Gasteiger partial charge < -0.3 is 14.8 Å². The van der Waals surface area contributed by atoms with Crippen molar-refractivity contribution >= 4 is 21.9 Å². The van der Waals surface area contributed by atoms with Gasteiger partial charge in [0.05, 0.1) is 7.11 Å². The molecule has 3 rings (SSSR count). The van der Waals surface area contributed by atoms with Crippen molar-refractivity contribution < 1.29 is 13.9 Å². The predicted molar refractivity (Wildman–Crippen MR) is 102 cm³/mol. The lowest BCUT2D eigenvalue weighted by Gasteiger charge is -2.17. The summed E-state index contributed by atoms with van der Waals surface area (Å²) in [5, 5.41) is 14.8. The summed E-state index contributed by atoms with van der Waals surface area (Å²) in [7, 11) is 1.59. The third kappa shape index (κ3) is 4.54. The molecule has 3 aromatic rings. The number of ether oxygens (including phenoxy) is 2. The van der Waals surface area contributed by atoms with Crippen LogP contribution in [0.2, 0.25) is 0 Å². The van der Waals surface area contributed by atoms with E-state index < -0.39 is 0 Å². The minimum absolute atomic E-state index is 0.280. The molecule has 1 heterocycles. The number of nitrogens with zero attached hydrogens (tertiary/aromatic N) is 4. The average molecular weight is 436 g/mol. The van der Waals surface area contributed by atoms with Crippen molar-refractivity contribution in [3.05, 3.63) is 57.8 Å². The van der Waals surface area contributed by atoms with E-state index in [1.54, 1.807) is 23.9 Å². The van der Waals surface area contributed by atoms with Crippen LogP contribution in [0.4, 0.5) is 10.3 Å². The molecule has 1 N–H and O–H groups in total. The Morgan fingerprint density at radius 3 is 2.67 bits per heavy atom. The normalized spacial score (nSPS) is 10.7. The fraction of sp³-hybridized carbons (Fsp3) is 0.278.